The highest BCUT2D eigenvalue weighted by atomic mass is 16.5. The second-order valence-electron chi connectivity index (χ2n) is 7.40. The Balaban J connectivity index is 2.43. The van der Waals surface area contributed by atoms with Crippen molar-refractivity contribution in [3.63, 3.8) is 0 Å². The van der Waals surface area contributed by atoms with E-state index in [-0.39, 0.29) is 24.5 Å². The maximum absolute atomic E-state index is 12.9. The molecule has 1 aliphatic heterocycles. The Morgan fingerprint density at radius 1 is 1.00 bits per heavy atom. The van der Waals surface area contributed by atoms with Crippen molar-refractivity contribution in [2.75, 3.05) is 31.7 Å². The monoisotopic (exact) mass is 446 g/mol. The van der Waals surface area contributed by atoms with Crippen molar-refractivity contribution < 1.29 is 33.8 Å². The van der Waals surface area contributed by atoms with Gasteiger partial charge in [-0.2, -0.15) is 0 Å². The van der Waals surface area contributed by atoms with E-state index in [0.717, 1.165) is 30.7 Å². The Morgan fingerprint density at radius 2 is 1.66 bits per heavy atom. The lowest BCUT2D eigenvalue weighted by molar-refractivity contribution is -0.140. The number of aliphatic hydroxyl groups excluding tert-OH is 1. The highest BCUT2D eigenvalue weighted by Gasteiger charge is 2.44. The fourth-order valence-corrected chi connectivity index (χ4v) is 3.40. The van der Waals surface area contributed by atoms with E-state index in [0.29, 0.717) is 12.1 Å². The van der Waals surface area contributed by atoms with Crippen LogP contribution in [0.3, 0.4) is 0 Å². The third-order valence-corrected chi connectivity index (χ3v) is 4.95. The van der Waals surface area contributed by atoms with Crippen molar-refractivity contribution in [3.05, 3.63) is 40.7 Å². The molecule has 1 N–H and O–H groups in total. The van der Waals surface area contributed by atoms with Crippen molar-refractivity contribution in [1.29, 1.82) is 0 Å². The molecule has 2 rings (SSSR count). The number of anilines is 1. The Morgan fingerprint density at radius 3 is 2.28 bits per heavy atom. The van der Waals surface area contributed by atoms with Crippen LogP contribution in [0.4, 0.5) is 5.69 Å². The number of carbonyl (C=O) groups is 4. The molecule has 1 aromatic rings. The Kier molecular flexibility index (Phi) is 8.95. The van der Waals surface area contributed by atoms with Gasteiger partial charge in [0.2, 0.25) is 5.76 Å². The van der Waals surface area contributed by atoms with Crippen LogP contribution in [0.2, 0.25) is 0 Å². The summed E-state index contributed by atoms with van der Waals surface area (Å²) in [6.07, 6.45) is 3.09. The number of carbonyl (C=O) groups excluding carboxylic acids is 4. The predicted molar refractivity (Wildman–Crippen MR) is 117 cm³/mol. The molecule has 0 saturated carbocycles. The molecule has 0 bridgehead atoms. The van der Waals surface area contributed by atoms with Gasteiger partial charge in [-0.3, -0.25) is 9.59 Å². The molecule has 174 valence electrons. The summed E-state index contributed by atoms with van der Waals surface area (Å²) < 4.78 is 9.86. The van der Waals surface area contributed by atoms with Gasteiger partial charge in [-0.15, -0.1) is 0 Å². The molecule has 0 aromatic heterocycles. The number of hydrogen-bond acceptors (Lipinski definition) is 8. The highest BCUT2D eigenvalue weighted by molar-refractivity contribution is 6.39. The van der Waals surface area contributed by atoms with E-state index in [4.69, 9.17) is 9.47 Å². The van der Waals surface area contributed by atoms with E-state index in [1.54, 1.807) is 19.9 Å². The van der Waals surface area contributed by atoms with Crippen LogP contribution in [0.25, 0.3) is 0 Å². The van der Waals surface area contributed by atoms with Gasteiger partial charge in [-0.1, -0.05) is 19.8 Å². The summed E-state index contributed by atoms with van der Waals surface area (Å²) >= 11 is 0. The van der Waals surface area contributed by atoms with Gasteiger partial charge in [0.1, 0.15) is 0 Å². The minimum absolute atomic E-state index is 0.0148. The third kappa shape index (κ3) is 5.53. The van der Waals surface area contributed by atoms with Crippen LogP contribution in [0.1, 0.15) is 56.0 Å². The lowest BCUT2D eigenvalue weighted by atomic mass is 10.1. The van der Waals surface area contributed by atoms with Gasteiger partial charge in [0.25, 0.3) is 5.91 Å². The first-order chi connectivity index (χ1) is 15.3. The van der Waals surface area contributed by atoms with E-state index in [9.17, 15) is 24.3 Å². The van der Waals surface area contributed by atoms with E-state index >= 15 is 0 Å². The molecule has 0 fully saturated rings. The summed E-state index contributed by atoms with van der Waals surface area (Å²) in [5, 5.41) is 10.2. The van der Waals surface area contributed by atoms with Gasteiger partial charge >= 0.3 is 17.8 Å². The molecule has 0 aliphatic carbocycles. The second kappa shape index (κ2) is 11.4. The lowest BCUT2D eigenvalue weighted by Crippen LogP contribution is -2.34. The molecule has 1 aromatic carbocycles. The number of benzene rings is 1. The average molecular weight is 447 g/mol. The smallest absolute Gasteiger partial charge is 0.347 e. The second-order valence-corrected chi connectivity index (χ2v) is 7.40. The SMILES string of the molecule is CCCCCN(C)Cc1cc(C(=O)OCC)ccc1N1C(=O)C(O)=C(C(=O)OCC)C1=O. The zero-order valence-electron chi connectivity index (χ0n) is 19.0. The van der Waals surface area contributed by atoms with E-state index < -0.39 is 35.1 Å². The number of amides is 2. The van der Waals surface area contributed by atoms with Gasteiger partial charge in [0.05, 0.1) is 24.5 Å². The number of ether oxygens (including phenoxy) is 2. The first-order valence-corrected chi connectivity index (χ1v) is 10.7. The number of rotatable bonds is 11. The Hall–Kier alpha value is -3.20. The molecular weight excluding hydrogens is 416 g/mol. The summed E-state index contributed by atoms with van der Waals surface area (Å²) in [4.78, 5) is 52.7. The largest absolute Gasteiger partial charge is 0.502 e. The number of nitrogens with zero attached hydrogens (tertiary/aromatic N) is 2. The van der Waals surface area contributed by atoms with E-state index in [2.05, 4.69) is 6.92 Å². The van der Waals surface area contributed by atoms with Crippen molar-refractivity contribution in [2.24, 2.45) is 0 Å². The summed E-state index contributed by atoms with van der Waals surface area (Å²) in [5.41, 5.74) is 0.262. The fraction of sp³-hybridized carbons (Fsp3) is 0.478. The summed E-state index contributed by atoms with van der Waals surface area (Å²) in [7, 11) is 1.89. The standard InChI is InChI=1S/C23H30N2O7/c1-5-8-9-12-24(4)14-16-13-15(22(29)31-6-2)10-11-17(16)25-20(27)18(19(26)21(25)28)23(30)32-7-3/h10-11,13,26H,5-9,12,14H2,1-4H3. The maximum Gasteiger partial charge on any atom is 0.347 e. The first-order valence-electron chi connectivity index (χ1n) is 10.7. The van der Waals surface area contributed by atoms with Gasteiger partial charge in [0.15, 0.2) is 5.57 Å². The number of aliphatic hydroxyl groups is 1. The zero-order valence-corrected chi connectivity index (χ0v) is 19.0. The number of hydrogen-bond donors (Lipinski definition) is 1. The molecule has 9 heteroatoms. The fourth-order valence-electron chi connectivity index (χ4n) is 3.40. The van der Waals surface area contributed by atoms with Crippen molar-refractivity contribution in [1.82, 2.24) is 4.90 Å². The minimum atomic E-state index is -1.06. The van der Waals surface area contributed by atoms with E-state index in [1.807, 2.05) is 11.9 Å². The molecular formula is C23H30N2O7. The van der Waals surface area contributed by atoms with Crippen LogP contribution < -0.4 is 4.90 Å². The summed E-state index contributed by atoms with van der Waals surface area (Å²) in [6, 6.07) is 4.44. The van der Waals surface area contributed by atoms with Gasteiger partial charge < -0.3 is 19.5 Å². The van der Waals surface area contributed by atoms with Crippen LogP contribution in [0.5, 0.6) is 0 Å². The number of esters is 2. The van der Waals surface area contributed by atoms with Crippen molar-refractivity contribution >= 4 is 29.4 Å². The first kappa shape index (κ1) is 25.1. The third-order valence-electron chi connectivity index (χ3n) is 4.95. The maximum atomic E-state index is 12.9. The Labute approximate surface area is 187 Å². The normalized spacial score (nSPS) is 13.8. The molecule has 0 spiro atoms. The topological polar surface area (TPSA) is 113 Å². The van der Waals surface area contributed by atoms with Crippen LogP contribution in [-0.4, -0.2) is 60.6 Å². The molecule has 2 amide bonds. The molecule has 1 heterocycles. The molecule has 0 unspecified atom stereocenters. The summed E-state index contributed by atoms with van der Waals surface area (Å²) in [5.74, 6) is -4.53. The molecule has 0 saturated heterocycles. The van der Waals surface area contributed by atoms with Gasteiger partial charge in [0, 0.05) is 6.54 Å². The summed E-state index contributed by atoms with van der Waals surface area (Å²) in [6.45, 7) is 6.65. The average Bonchev–Trinajstić information content (AvgIpc) is 2.97. The molecule has 1 aliphatic rings. The predicted octanol–water partition coefficient (Wildman–Crippen LogP) is 2.73. The number of imide groups is 1. The van der Waals surface area contributed by atoms with E-state index in [1.165, 1.54) is 12.1 Å². The van der Waals surface area contributed by atoms with Gasteiger partial charge in [-0.25, -0.2) is 14.5 Å². The molecule has 32 heavy (non-hydrogen) atoms. The quantitative estimate of drug-likeness (QED) is 0.239. The van der Waals surface area contributed by atoms with Crippen molar-refractivity contribution in [3.8, 4) is 0 Å². The Bertz CT molecular complexity index is 923. The van der Waals surface area contributed by atoms with Crippen LogP contribution in [0.15, 0.2) is 29.5 Å². The van der Waals surface area contributed by atoms with Crippen molar-refractivity contribution in [2.45, 2.75) is 46.6 Å². The van der Waals surface area contributed by atoms with Crippen LogP contribution in [-0.2, 0) is 30.4 Å². The molecule has 0 atom stereocenters. The minimum Gasteiger partial charge on any atom is -0.502 e. The highest BCUT2D eigenvalue weighted by Crippen LogP contribution is 2.31. The van der Waals surface area contributed by atoms with Crippen LogP contribution >= 0.6 is 0 Å². The molecule has 9 nitrogen and oxygen atoms in total. The van der Waals surface area contributed by atoms with Crippen LogP contribution in [0, 0.1) is 0 Å². The number of unbranched alkanes of at least 4 members (excludes halogenated alkanes) is 2. The molecule has 0 radical (unpaired) electrons. The lowest BCUT2D eigenvalue weighted by Gasteiger charge is -2.23. The zero-order chi connectivity index (χ0) is 23.8. The van der Waals surface area contributed by atoms with Gasteiger partial charge in [-0.05, 0) is 57.6 Å².